The Morgan fingerprint density at radius 1 is 0.880 bits per heavy atom. The first-order valence-electron chi connectivity index (χ1n) is 7.90. The molecule has 0 aliphatic carbocycles. The highest BCUT2D eigenvalue weighted by atomic mass is 16.5. The van der Waals surface area contributed by atoms with E-state index in [0.29, 0.717) is 12.8 Å². The molecule has 0 aliphatic heterocycles. The van der Waals surface area contributed by atoms with E-state index >= 15 is 0 Å². The minimum atomic E-state index is -1.01. The van der Waals surface area contributed by atoms with Gasteiger partial charge >= 0.3 is 11.9 Å². The largest absolute Gasteiger partial charge is 0.480 e. The number of nitrogens with two attached hydrogens (primary N) is 2. The molecule has 0 saturated heterocycles. The number of aliphatic carboxylic acids is 1. The summed E-state index contributed by atoms with van der Waals surface area (Å²) in [5.41, 5.74) is 15.2. The molecule has 2 aromatic rings. The fourth-order valence-corrected chi connectivity index (χ4v) is 2.50. The summed E-state index contributed by atoms with van der Waals surface area (Å²) in [5, 5.41) is 8.85. The van der Waals surface area contributed by atoms with Crippen LogP contribution in [-0.4, -0.2) is 36.2 Å². The van der Waals surface area contributed by atoms with Gasteiger partial charge in [0.1, 0.15) is 12.1 Å². The number of carboxylic acids is 1. The summed E-state index contributed by atoms with van der Waals surface area (Å²) in [5.74, 6) is -1.44. The Morgan fingerprint density at radius 2 is 1.28 bits per heavy atom. The van der Waals surface area contributed by atoms with Crippen LogP contribution in [0.5, 0.6) is 0 Å². The van der Waals surface area contributed by atoms with Crippen LogP contribution in [0.3, 0.4) is 0 Å². The van der Waals surface area contributed by atoms with Crippen molar-refractivity contribution in [1.29, 1.82) is 0 Å². The molecule has 132 valence electrons. The van der Waals surface area contributed by atoms with Crippen molar-refractivity contribution in [2.45, 2.75) is 24.9 Å². The topological polar surface area (TPSA) is 116 Å². The number of carbonyl (C=O) groups excluding carboxylic acids is 1. The summed E-state index contributed by atoms with van der Waals surface area (Å²) in [7, 11) is 1.32. The van der Waals surface area contributed by atoms with E-state index < -0.39 is 24.0 Å². The molecule has 6 heteroatoms. The molecule has 0 radical (unpaired) electrons. The van der Waals surface area contributed by atoms with Crippen molar-refractivity contribution >= 4 is 11.9 Å². The van der Waals surface area contributed by atoms with Crippen LogP contribution in [0, 0.1) is 0 Å². The fourth-order valence-electron chi connectivity index (χ4n) is 2.50. The molecule has 5 N–H and O–H groups in total. The van der Waals surface area contributed by atoms with Crippen LogP contribution in [0.15, 0.2) is 48.5 Å². The van der Waals surface area contributed by atoms with Crippen molar-refractivity contribution < 1.29 is 19.4 Å². The number of methoxy groups -OCH3 is 1. The van der Waals surface area contributed by atoms with Crippen LogP contribution in [0.25, 0.3) is 11.1 Å². The van der Waals surface area contributed by atoms with E-state index in [0.717, 1.165) is 22.3 Å². The average molecular weight is 342 g/mol. The van der Waals surface area contributed by atoms with Gasteiger partial charge in [-0.3, -0.25) is 9.59 Å². The number of rotatable bonds is 7. The summed E-state index contributed by atoms with van der Waals surface area (Å²) in [6, 6.07) is 13.8. The van der Waals surface area contributed by atoms with Gasteiger partial charge < -0.3 is 21.3 Å². The number of esters is 1. The number of benzene rings is 2. The first-order chi connectivity index (χ1) is 11.9. The lowest BCUT2D eigenvalue weighted by molar-refractivity contribution is -0.142. The van der Waals surface area contributed by atoms with Gasteiger partial charge in [-0.25, -0.2) is 0 Å². The molecule has 0 aromatic heterocycles. The van der Waals surface area contributed by atoms with E-state index in [1.165, 1.54) is 7.11 Å². The third kappa shape index (κ3) is 5.14. The van der Waals surface area contributed by atoms with Gasteiger partial charge in [0.15, 0.2) is 0 Å². The van der Waals surface area contributed by atoms with Gasteiger partial charge in [0.2, 0.25) is 0 Å². The number of ether oxygens (including phenoxy) is 1. The molecule has 2 atom stereocenters. The molecular weight excluding hydrogens is 320 g/mol. The van der Waals surface area contributed by atoms with Crippen LogP contribution in [0.4, 0.5) is 0 Å². The van der Waals surface area contributed by atoms with E-state index in [4.69, 9.17) is 16.6 Å². The highest BCUT2D eigenvalue weighted by Gasteiger charge is 2.14. The lowest BCUT2D eigenvalue weighted by Crippen LogP contribution is -2.33. The van der Waals surface area contributed by atoms with E-state index in [-0.39, 0.29) is 0 Å². The Labute approximate surface area is 146 Å². The molecule has 6 nitrogen and oxygen atoms in total. The maximum absolute atomic E-state index is 11.4. The minimum absolute atomic E-state index is 0.292. The Balaban J connectivity index is 2.04. The predicted molar refractivity (Wildman–Crippen MR) is 94.9 cm³/mol. The Hall–Kier alpha value is -2.70. The molecular formula is C19H22N2O4. The lowest BCUT2D eigenvalue weighted by Gasteiger charge is -2.10. The molecule has 2 unspecified atom stereocenters. The van der Waals surface area contributed by atoms with Crippen molar-refractivity contribution in [1.82, 2.24) is 0 Å². The second-order valence-corrected chi connectivity index (χ2v) is 5.88. The van der Waals surface area contributed by atoms with E-state index in [9.17, 15) is 9.59 Å². The average Bonchev–Trinajstić information content (AvgIpc) is 2.62. The number of hydrogen-bond acceptors (Lipinski definition) is 5. The molecule has 2 aromatic carbocycles. The summed E-state index contributed by atoms with van der Waals surface area (Å²) < 4.78 is 4.62. The molecule has 0 spiro atoms. The third-order valence-electron chi connectivity index (χ3n) is 3.97. The van der Waals surface area contributed by atoms with Gasteiger partial charge in [-0.1, -0.05) is 48.5 Å². The van der Waals surface area contributed by atoms with Crippen molar-refractivity contribution in [2.75, 3.05) is 7.11 Å². The van der Waals surface area contributed by atoms with Gasteiger partial charge in [0.05, 0.1) is 7.11 Å². The van der Waals surface area contributed by atoms with Crippen molar-refractivity contribution in [3.8, 4) is 11.1 Å². The standard InChI is InChI=1S/C19H22N2O4/c1-25-19(24)17(21)11-13-4-8-15(9-5-13)14-6-2-12(3-7-14)10-16(20)18(22)23/h2-9,16-17H,10-11,20-21H2,1H3,(H,22,23). The third-order valence-corrected chi connectivity index (χ3v) is 3.97. The SMILES string of the molecule is COC(=O)C(N)Cc1ccc(-c2ccc(CC(N)C(=O)O)cc2)cc1. The van der Waals surface area contributed by atoms with Crippen molar-refractivity contribution in [3.63, 3.8) is 0 Å². The zero-order valence-electron chi connectivity index (χ0n) is 14.0. The fraction of sp³-hybridized carbons (Fsp3) is 0.263. The molecule has 0 fully saturated rings. The molecule has 0 aliphatic rings. The quantitative estimate of drug-likeness (QED) is 0.654. The summed E-state index contributed by atoms with van der Waals surface area (Å²) in [6.45, 7) is 0. The number of carboxylic acid groups (broad SMARTS) is 1. The summed E-state index contributed by atoms with van der Waals surface area (Å²) in [6.07, 6.45) is 0.707. The zero-order chi connectivity index (χ0) is 18.4. The molecule has 0 amide bonds. The van der Waals surface area contributed by atoms with Crippen LogP contribution in [-0.2, 0) is 27.2 Å². The smallest absolute Gasteiger partial charge is 0.322 e. The summed E-state index contributed by atoms with van der Waals surface area (Å²) >= 11 is 0. The van der Waals surface area contributed by atoms with E-state index in [1.54, 1.807) is 0 Å². The predicted octanol–water partition coefficient (Wildman–Crippen LogP) is 1.35. The molecule has 2 rings (SSSR count). The number of hydrogen-bond donors (Lipinski definition) is 3. The Bertz CT molecular complexity index is 726. The molecule has 0 bridgehead atoms. The van der Waals surface area contributed by atoms with E-state index in [2.05, 4.69) is 4.74 Å². The lowest BCUT2D eigenvalue weighted by atomic mass is 9.98. The van der Waals surface area contributed by atoms with Crippen LogP contribution in [0.2, 0.25) is 0 Å². The minimum Gasteiger partial charge on any atom is -0.480 e. The second kappa shape index (κ2) is 8.41. The Kier molecular flexibility index (Phi) is 6.27. The summed E-state index contributed by atoms with van der Waals surface area (Å²) in [4.78, 5) is 22.2. The first kappa shape index (κ1) is 18.6. The monoisotopic (exact) mass is 342 g/mol. The van der Waals surface area contributed by atoms with Crippen molar-refractivity contribution in [3.05, 3.63) is 59.7 Å². The maximum atomic E-state index is 11.4. The Morgan fingerprint density at radius 3 is 1.64 bits per heavy atom. The van der Waals surface area contributed by atoms with E-state index in [1.807, 2.05) is 48.5 Å². The number of carbonyl (C=O) groups is 2. The molecule has 25 heavy (non-hydrogen) atoms. The van der Waals surface area contributed by atoms with Crippen LogP contribution in [0.1, 0.15) is 11.1 Å². The second-order valence-electron chi connectivity index (χ2n) is 5.88. The van der Waals surface area contributed by atoms with Crippen LogP contribution >= 0.6 is 0 Å². The zero-order valence-corrected chi connectivity index (χ0v) is 14.0. The van der Waals surface area contributed by atoms with Gasteiger partial charge in [-0.15, -0.1) is 0 Å². The molecule has 0 heterocycles. The van der Waals surface area contributed by atoms with Gasteiger partial charge in [0.25, 0.3) is 0 Å². The normalized spacial score (nSPS) is 13.1. The first-order valence-corrected chi connectivity index (χ1v) is 7.90. The van der Waals surface area contributed by atoms with Gasteiger partial charge in [-0.05, 0) is 35.1 Å². The van der Waals surface area contributed by atoms with Gasteiger partial charge in [-0.2, -0.15) is 0 Å². The van der Waals surface area contributed by atoms with Crippen LogP contribution < -0.4 is 11.5 Å². The highest BCUT2D eigenvalue weighted by Crippen LogP contribution is 2.21. The highest BCUT2D eigenvalue weighted by molar-refractivity contribution is 5.76. The van der Waals surface area contributed by atoms with Crippen molar-refractivity contribution in [2.24, 2.45) is 11.5 Å². The molecule has 0 saturated carbocycles. The maximum Gasteiger partial charge on any atom is 0.322 e. The van der Waals surface area contributed by atoms with Gasteiger partial charge in [0, 0.05) is 0 Å².